The fourth-order valence-corrected chi connectivity index (χ4v) is 3.07. The van der Waals surface area contributed by atoms with Crippen LogP contribution in [0.3, 0.4) is 0 Å². The topological polar surface area (TPSA) is 98.0 Å². The Bertz CT molecular complexity index is 761. The second kappa shape index (κ2) is 6.25. The zero-order valence-corrected chi connectivity index (χ0v) is 12.9. The highest BCUT2D eigenvalue weighted by Crippen LogP contribution is 2.15. The van der Waals surface area contributed by atoms with Gasteiger partial charge in [0.25, 0.3) is 0 Å². The molecule has 0 bridgehead atoms. The van der Waals surface area contributed by atoms with E-state index >= 15 is 0 Å². The number of nitrogens with one attached hydrogen (secondary N) is 1. The van der Waals surface area contributed by atoms with Crippen LogP contribution in [0.15, 0.2) is 41.4 Å². The van der Waals surface area contributed by atoms with Gasteiger partial charge in [-0.1, -0.05) is 18.3 Å². The second-order valence-corrected chi connectivity index (χ2v) is 6.59. The third-order valence-electron chi connectivity index (χ3n) is 2.84. The van der Waals surface area contributed by atoms with E-state index < -0.39 is 10.0 Å². The summed E-state index contributed by atoms with van der Waals surface area (Å²) >= 11 is 4.90. The lowest BCUT2D eigenvalue weighted by Gasteiger charge is -2.09. The Balaban J connectivity index is 2.20. The van der Waals surface area contributed by atoms with Gasteiger partial charge in [-0.05, 0) is 36.8 Å². The molecular formula is C13H14N4O2S2. The van der Waals surface area contributed by atoms with Crippen LogP contribution in [0.25, 0.3) is 0 Å². The molecule has 2 aromatic rings. The van der Waals surface area contributed by atoms with Gasteiger partial charge in [0.15, 0.2) is 0 Å². The van der Waals surface area contributed by atoms with Gasteiger partial charge in [0.1, 0.15) is 4.99 Å². The van der Waals surface area contributed by atoms with E-state index in [-0.39, 0.29) is 16.4 Å². The summed E-state index contributed by atoms with van der Waals surface area (Å²) in [5.74, 6) is 0. The normalized spacial score (nSPS) is 11.3. The summed E-state index contributed by atoms with van der Waals surface area (Å²) < 4.78 is 26.9. The lowest BCUT2D eigenvalue weighted by molar-refractivity contribution is 0.580. The van der Waals surface area contributed by atoms with Gasteiger partial charge in [-0.25, -0.2) is 13.1 Å². The molecular weight excluding hydrogens is 308 g/mol. The molecule has 2 rings (SSSR count). The van der Waals surface area contributed by atoms with Crippen LogP contribution in [0.2, 0.25) is 0 Å². The van der Waals surface area contributed by atoms with Crippen LogP contribution in [0.4, 0.5) is 0 Å². The maximum Gasteiger partial charge on any atom is 0.240 e. The van der Waals surface area contributed by atoms with E-state index in [9.17, 15) is 8.42 Å². The standard InChI is InChI=1S/C13H14N4O2S2/c1-9-7-11(4-5-12(9)13(14)20)21(18,19)16-8-10-3-2-6-15-17-10/h2-7,16H,8H2,1H3,(H2,14,20). The number of benzene rings is 1. The van der Waals surface area contributed by atoms with E-state index in [1.807, 2.05) is 0 Å². The SMILES string of the molecule is Cc1cc(S(=O)(=O)NCc2cccnn2)ccc1C(N)=S. The first-order valence-corrected chi connectivity index (χ1v) is 7.96. The largest absolute Gasteiger partial charge is 0.389 e. The maximum absolute atomic E-state index is 12.2. The number of sulfonamides is 1. The van der Waals surface area contributed by atoms with Crippen molar-refractivity contribution in [1.82, 2.24) is 14.9 Å². The molecule has 1 heterocycles. The van der Waals surface area contributed by atoms with Crippen molar-refractivity contribution < 1.29 is 8.42 Å². The Morgan fingerprint density at radius 3 is 2.71 bits per heavy atom. The van der Waals surface area contributed by atoms with Gasteiger partial charge in [0, 0.05) is 11.8 Å². The van der Waals surface area contributed by atoms with Crippen molar-refractivity contribution in [2.45, 2.75) is 18.4 Å². The van der Waals surface area contributed by atoms with Crippen LogP contribution in [-0.2, 0) is 16.6 Å². The summed E-state index contributed by atoms with van der Waals surface area (Å²) in [6.07, 6.45) is 1.52. The summed E-state index contributed by atoms with van der Waals surface area (Å²) in [6, 6.07) is 8.00. The predicted molar refractivity (Wildman–Crippen MR) is 83.1 cm³/mol. The van der Waals surface area contributed by atoms with Gasteiger partial charge in [-0.3, -0.25) is 0 Å². The minimum absolute atomic E-state index is 0.0757. The lowest BCUT2D eigenvalue weighted by atomic mass is 10.1. The lowest BCUT2D eigenvalue weighted by Crippen LogP contribution is -2.24. The fraction of sp³-hybridized carbons (Fsp3) is 0.154. The van der Waals surface area contributed by atoms with Crippen LogP contribution in [0.1, 0.15) is 16.8 Å². The molecule has 0 spiro atoms. The minimum Gasteiger partial charge on any atom is -0.389 e. The van der Waals surface area contributed by atoms with Crippen LogP contribution >= 0.6 is 12.2 Å². The highest BCUT2D eigenvalue weighted by Gasteiger charge is 2.15. The number of aryl methyl sites for hydroxylation is 1. The molecule has 0 unspecified atom stereocenters. The summed E-state index contributed by atoms with van der Waals surface area (Å²) in [5.41, 5.74) is 7.48. The summed E-state index contributed by atoms with van der Waals surface area (Å²) in [4.78, 5) is 0.396. The maximum atomic E-state index is 12.2. The molecule has 0 atom stereocenters. The average Bonchev–Trinajstić information content (AvgIpc) is 2.46. The average molecular weight is 322 g/mol. The van der Waals surface area contributed by atoms with E-state index in [0.717, 1.165) is 0 Å². The third-order valence-corrected chi connectivity index (χ3v) is 4.46. The first-order chi connectivity index (χ1) is 9.90. The number of thiocarbonyl (C=S) groups is 1. The number of rotatable bonds is 5. The number of hydrogen-bond donors (Lipinski definition) is 2. The summed E-state index contributed by atoms with van der Waals surface area (Å²) in [5, 5.41) is 7.51. The molecule has 1 aromatic heterocycles. The van der Waals surface area contributed by atoms with Crippen molar-refractivity contribution in [3.05, 3.63) is 53.3 Å². The van der Waals surface area contributed by atoms with Crippen molar-refractivity contribution in [1.29, 1.82) is 0 Å². The van der Waals surface area contributed by atoms with Crippen molar-refractivity contribution in [2.75, 3.05) is 0 Å². The van der Waals surface area contributed by atoms with E-state index in [0.29, 0.717) is 16.8 Å². The smallest absolute Gasteiger partial charge is 0.240 e. The number of nitrogens with two attached hydrogens (primary N) is 1. The van der Waals surface area contributed by atoms with E-state index in [4.69, 9.17) is 18.0 Å². The molecule has 0 saturated carbocycles. The molecule has 0 saturated heterocycles. The van der Waals surface area contributed by atoms with Gasteiger partial charge in [-0.15, -0.1) is 0 Å². The summed E-state index contributed by atoms with van der Waals surface area (Å²) in [6.45, 7) is 1.84. The highest BCUT2D eigenvalue weighted by molar-refractivity contribution is 7.89. The van der Waals surface area contributed by atoms with Gasteiger partial charge < -0.3 is 5.73 Å². The first kappa shape index (κ1) is 15.5. The monoisotopic (exact) mass is 322 g/mol. The van der Waals surface area contributed by atoms with E-state index in [1.165, 1.54) is 18.3 Å². The Kier molecular flexibility index (Phi) is 4.61. The van der Waals surface area contributed by atoms with Crippen molar-refractivity contribution in [3.8, 4) is 0 Å². The predicted octanol–water partition coefficient (Wildman–Crippen LogP) is 0.898. The Morgan fingerprint density at radius 1 is 1.38 bits per heavy atom. The third kappa shape index (κ3) is 3.81. The fourth-order valence-electron chi connectivity index (χ4n) is 1.76. The number of nitrogens with zero attached hydrogens (tertiary/aromatic N) is 2. The molecule has 0 aliphatic carbocycles. The zero-order chi connectivity index (χ0) is 15.5. The van der Waals surface area contributed by atoms with E-state index in [2.05, 4.69) is 14.9 Å². The summed E-state index contributed by atoms with van der Waals surface area (Å²) in [7, 11) is -3.63. The molecule has 0 fully saturated rings. The molecule has 0 aliphatic rings. The molecule has 0 aliphatic heterocycles. The van der Waals surface area contributed by atoms with Crippen molar-refractivity contribution in [3.63, 3.8) is 0 Å². The van der Waals surface area contributed by atoms with Gasteiger partial charge >= 0.3 is 0 Å². The van der Waals surface area contributed by atoms with Gasteiger partial charge in [0.2, 0.25) is 10.0 Å². The van der Waals surface area contributed by atoms with Crippen molar-refractivity contribution >= 4 is 27.2 Å². The van der Waals surface area contributed by atoms with Crippen LogP contribution in [0.5, 0.6) is 0 Å². The minimum atomic E-state index is -3.63. The Hall–Kier alpha value is -1.90. The molecule has 110 valence electrons. The second-order valence-electron chi connectivity index (χ2n) is 4.38. The molecule has 3 N–H and O–H groups in total. The number of aromatic nitrogens is 2. The molecule has 21 heavy (non-hydrogen) atoms. The van der Waals surface area contributed by atoms with Crippen LogP contribution < -0.4 is 10.5 Å². The molecule has 8 heteroatoms. The van der Waals surface area contributed by atoms with Crippen molar-refractivity contribution in [2.24, 2.45) is 5.73 Å². The molecule has 6 nitrogen and oxygen atoms in total. The van der Waals surface area contributed by atoms with E-state index in [1.54, 1.807) is 25.1 Å². The molecule has 0 radical (unpaired) electrons. The molecule has 0 amide bonds. The quantitative estimate of drug-likeness (QED) is 0.794. The first-order valence-electron chi connectivity index (χ1n) is 6.07. The van der Waals surface area contributed by atoms with Crippen LogP contribution in [0, 0.1) is 6.92 Å². The Labute approximate surface area is 128 Å². The number of hydrogen-bond acceptors (Lipinski definition) is 5. The molecule has 1 aromatic carbocycles. The van der Waals surface area contributed by atoms with Gasteiger partial charge in [-0.2, -0.15) is 10.2 Å². The Morgan fingerprint density at radius 2 is 2.14 bits per heavy atom. The van der Waals surface area contributed by atoms with Crippen LogP contribution in [-0.4, -0.2) is 23.6 Å². The zero-order valence-electron chi connectivity index (χ0n) is 11.3. The highest BCUT2D eigenvalue weighted by atomic mass is 32.2. The van der Waals surface area contributed by atoms with Gasteiger partial charge in [0.05, 0.1) is 17.1 Å².